The number of nitrogens with zero attached hydrogens (tertiary/aromatic N) is 1. The van der Waals surface area contributed by atoms with Crippen molar-refractivity contribution in [3.05, 3.63) is 64.1 Å². The Morgan fingerprint density at radius 1 is 0.811 bits per heavy atom. The molecule has 0 aliphatic rings. The van der Waals surface area contributed by atoms with Gasteiger partial charge in [-0.3, -0.25) is 4.79 Å². The Balaban J connectivity index is 1.50. The lowest BCUT2D eigenvalue weighted by molar-refractivity contribution is -0.121. The molecule has 2 aromatic rings. The first kappa shape index (κ1) is 31.1. The van der Waals surface area contributed by atoms with Crippen molar-refractivity contribution in [3.63, 3.8) is 0 Å². The third-order valence-corrected chi connectivity index (χ3v) is 7.10. The van der Waals surface area contributed by atoms with E-state index in [9.17, 15) is 4.79 Å². The summed E-state index contributed by atoms with van der Waals surface area (Å²) in [6, 6.07) is 15.8. The Hall–Kier alpha value is -2.14. The second-order valence-electron chi connectivity index (χ2n) is 9.95. The molecular formula is C32H47BrN2O2. The quantitative estimate of drug-likeness (QED) is 0.0921. The molecule has 0 aliphatic carbocycles. The summed E-state index contributed by atoms with van der Waals surface area (Å²) in [7, 11) is 0. The molecule has 37 heavy (non-hydrogen) atoms. The molecule has 0 fully saturated rings. The van der Waals surface area contributed by atoms with Gasteiger partial charge in [-0.1, -0.05) is 143 Å². The Morgan fingerprint density at radius 2 is 1.38 bits per heavy atom. The zero-order chi connectivity index (χ0) is 26.4. The maximum atomic E-state index is 12.2. The molecule has 0 aliphatic heterocycles. The second kappa shape index (κ2) is 20.9. The summed E-state index contributed by atoms with van der Waals surface area (Å²) in [6.07, 6.45) is 22.0. The number of hydrogen-bond donors (Lipinski definition) is 1. The Labute approximate surface area is 233 Å². The molecular weight excluding hydrogens is 524 g/mol. The van der Waals surface area contributed by atoms with E-state index >= 15 is 0 Å². The highest BCUT2D eigenvalue weighted by Crippen LogP contribution is 2.23. The molecule has 4 nitrogen and oxygen atoms in total. The van der Waals surface area contributed by atoms with Gasteiger partial charge in [-0.05, 0) is 30.2 Å². The number of hydrogen-bond acceptors (Lipinski definition) is 3. The van der Waals surface area contributed by atoms with Crippen LogP contribution in [0.5, 0.6) is 5.75 Å². The van der Waals surface area contributed by atoms with Gasteiger partial charge in [0.15, 0.2) is 0 Å². The number of carbonyl (C=O) groups is 1. The van der Waals surface area contributed by atoms with Crippen molar-refractivity contribution >= 4 is 28.1 Å². The maximum absolute atomic E-state index is 12.2. The number of hydrazone groups is 1. The minimum Gasteiger partial charge on any atom is -0.488 e. The average Bonchev–Trinajstić information content (AvgIpc) is 2.91. The van der Waals surface area contributed by atoms with Gasteiger partial charge in [-0.25, -0.2) is 5.43 Å². The van der Waals surface area contributed by atoms with Gasteiger partial charge in [0.1, 0.15) is 12.4 Å². The molecule has 204 valence electrons. The zero-order valence-electron chi connectivity index (χ0n) is 22.9. The largest absolute Gasteiger partial charge is 0.488 e. The van der Waals surface area contributed by atoms with Crippen LogP contribution in [0.2, 0.25) is 0 Å². The fourth-order valence-electron chi connectivity index (χ4n) is 4.37. The predicted molar refractivity (Wildman–Crippen MR) is 160 cm³/mol. The van der Waals surface area contributed by atoms with Crippen molar-refractivity contribution in [2.45, 2.75) is 116 Å². The maximum Gasteiger partial charge on any atom is 0.240 e. The first-order chi connectivity index (χ1) is 18.2. The molecule has 0 aromatic heterocycles. The van der Waals surface area contributed by atoms with E-state index in [-0.39, 0.29) is 5.91 Å². The molecule has 0 spiro atoms. The van der Waals surface area contributed by atoms with E-state index in [0.717, 1.165) is 34.2 Å². The van der Waals surface area contributed by atoms with Crippen LogP contribution in [0.15, 0.2) is 58.1 Å². The Kier molecular flexibility index (Phi) is 17.5. The van der Waals surface area contributed by atoms with Gasteiger partial charge in [0.25, 0.3) is 0 Å². The lowest BCUT2D eigenvalue weighted by Crippen LogP contribution is -2.17. The van der Waals surface area contributed by atoms with Crippen LogP contribution >= 0.6 is 15.9 Å². The SMILES string of the molecule is CCCCCCCCCCCCCCCCCC(=O)N/N=C\c1cc(Br)ccc1OCc1ccccc1. The van der Waals surface area contributed by atoms with Crippen LogP contribution in [-0.4, -0.2) is 12.1 Å². The molecule has 1 N–H and O–H groups in total. The third-order valence-electron chi connectivity index (χ3n) is 6.61. The molecule has 1 amide bonds. The van der Waals surface area contributed by atoms with E-state index in [0.29, 0.717) is 13.0 Å². The van der Waals surface area contributed by atoms with Crippen molar-refractivity contribution in [2.75, 3.05) is 0 Å². The highest BCUT2D eigenvalue weighted by Gasteiger charge is 2.05. The lowest BCUT2D eigenvalue weighted by atomic mass is 10.0. The van der Waals surface area contributed by atoms with Crippen LogP contribution in [0.25, 0.3) is 0 Å². The number of rotatable bonds is 21. The van der Waals surface area contributed by atoms with Gasteiger partial charge in [0.2, 0.25) is 5.91 Å². The van der Waals surface area contributed by atoms with Gasteiger partial charge >= 0.3 is 0 Å². The standard InChI is InChI=1S/C32H47BrN2O2/c1-2-3-4-5-6-7-8-9-10-11-12-13-14-15-19-22-32(36)35-34-26-29-25-30(33)23-24-31(29)37-27-28-20-17-16-18-21-28/h16-18,20-21,23-26H,2-15,19,22,27H2,1H3,(H,35,36)/b34-26-. The molecule has 0 unspecified atom stereocenters. The molecule has 5 heteroatoms. The number of benzene rings is 2. The van der Waals surface area contributed by atoms with Gasteiger partial charge in [0, 0.05) is 16.5 Å². The van der Waals surface area contributed by atoms with Crippen LogP contribution in [-0.2, 0) is 11.4 Å². The molecule has 0 saturated heterocycles. The highest BCUT2D eigenvalue weighted by atomic mass is 79.9. The Bertz CT molecular complexity index is 886. The summed E-state index contributed by atoms with van der Waals surface area (Å²) in [5.41, 5.74) is 4.58. The van der Waals surface area contributed by atoms with Crippen LogP contribution in [0, 0.1) is 0 Å². The van der Waals surface area contributed by atoms with Crippen LogP contribution < -0.4 is 10.2 Å². The van der Waals surface area contributed by atoms with Crippen molar-refractivity contribution in [1.82, 2.24) is 5.43 Å². The molecule has 0 heterocycles. The topological polar surface area (TPSA) is 50.7 Å². The van der Waals surface area contributed by atoms with Gasteiger partial charge in [-0.15, -0.1) is 0 Å². The third kappa shape index (κ3) is 15.7. The molecule has 0 radical (unpaired) electrons. The highest BCUT2D eigenvalue weighted by molar-refractivity contribution is 9.10. The summed E-state index contributed by atoms with van der Waals surface area (Å²) in [6.45, 7) is 2.76. The van der Waals surface area contributed by atoms with E-state index in [4.69, 9.17) is 4.74 Å². The smallest absolute Gasteiger partial charge is 0.240 e. The van der Waals surface area contributed by atoms with E-state index in [1.54, 1.807) is 6.21 Å². The predicted octanol–water partition coefficient (Wildman–Crippen LogP) is 9.74. The van der Waals surface area contributed by atoms with Gasteiger partial charge < -0.3 is 4.74 Å². The van der Waals surface area contributed by atoms with E-state index in [1.165, 1.54) is 83.5 Å². The summed E-state index contributed by atoms with van der Waals surface area (Å²) in [4.78, 5) is 12.2. The number of nitrogens with one attached hydrogen (secondary N) is 1. The summed E-state index contributed by atoms with van der Waals surface area (Å²) in [5, 5.41) is 4.16. The minimum atomic E-state index is -0.0345. The molecule has 2 aromatic carbocycles. The summed E-state index contributed by atoms with van der Waals surface area (Å²) < 4.78 is 6.91. The Morgan fingerprint density at radius 3 is 1.97 bits per heavy atom. The van der Waals surface area contributed by atoms with Gasteiger partial charge in [-0.2, -0.15) is 5.10 Å². The molecule has 0 atom stereocenters. The van der Waals surface area contributed by atoms with Crippen LogP contribution in [0.1, 0.15) is 121 Å². The van der Waals surface area contributed by atoms with Gasteiger partial charge in [0.05, 0.1) is 6.21 Å². The average molecular weight is 572 g/mol. The monoisotopic (exact) mass is 570 g/mol. The summed E-state index contributed by atoms with van der Waals surface area (Å²) >= 11 is 3.50. The first-order valence-electron chi connectivity index (χ1n) is 14.5. The number of unbranched alkanes of at least 4 members (excludes halogenated alkanes) is 14. The van der Waals surface area contributed by atoms with Crippen molar-refractivity contribution in [3.8, 4) is 5.75 Å². The van der Waals surface area contributed by atoms with Crippen molar-refractivity contribution in [2.24, 2.45) is 5.10 Å². The number of amides is 1. The van der Waals surface area contributed by atoms with E-state index in [2.05, 4.69) is 33.4 Å². The minimum absolute atomic E-state index is 0.0345. The number of halogens is 1. The second-order valence-corrected chi connectivity index (χ2v) is 10.9. The molecule has 2 rings (SSSR count). The number of carbonyl (C=O) groups excluding carboxylic acids is 1. The van der Waals surface area contributed by atoms with E-state index in [1.807, 2.05) is 48.5 Å². The van der Waals surface area contributed by atoms with Crippen molar-refractivity contribution < 1.29 is 9.53 Å². The van der Waals surface area contributed by atoms with Crippen LogP contribution in [0.4, 0.5) is 0 Å². The fourth-order valence-corrected chi connectivity index (χ4v) is 4.75. The number of ether oxygens (including phenoxy) is 1. The first-order valence-corrected chi connectivity index (χ1v) is 15.3. The molecule has 0 bridgehead atoms. The lowest BCUT2D eigenvalue weighted by Gasteiger charge is -2.09. The fraction of sp³-hybridized carbons (Fsp3) is 0.562. The van der Waals surface area contributed by atoms with Crippen LogP contribution in [0.3, 0.4) is 0 Å². The molecule has 0 saturated carbocycles. The normalized spacial score (nSPS) is 11.2. The summed E-state index contributed by atoms with van der Waals surface area (Å²) in [5.74, 6) is 0.695. The zero-order valence-corrected chi connectivity index (χ0v) is 24.4. The van der Waals surface area contributed by atoms with E-state index < -0.39 is 0 Å². The van der Waals surface area contributed by atoms with Crippen molar-refractivity contribution in [1.29, 1.82) is 0 Å².